The van der Waals surface area contributed by atoms with Crippen LogP contribution in [0.1, 0.15) is 51.5 Å². The van der Waals surface area contributed by atoms with Gasteiger partial charge in [-0.25, -0.2) is 28.7 Å². The lowest BCUT2D eigenvalue weighted by molar-refractivity contribution is 0.132. The summed E-state index contributed by atoms with van der Waals surface area (Å²) in [5.41, 5.74) is 2.52. The number of likely N-dealkylation sites (N-methyl/N-ethyl adjacent to an activating group) is 1. The van der Waals surface area contributed by atoms with Gasteiger partial charge in [-0.2, -0.15) is 0 Å². The fraction of sp³-hybridized carbons (Fsp3) is 0.448. The highest BCUT2D eigenvalue weighted by molar-refractivity contribution is 5.83. The van der Waals surface area contributed by atoms with Crippen molar-refractivity contribution in [3.63, 3.8) is 0 Å². The summed E-state index contributed by atoms with van der Waals surface area (Å²) >= 11 is 0. The van der Waals surface area contributed by atoms with E-state index in [-0.39, 0.29) is 25.1 Å². The van der Waals surface area contributed by atoms with Crippen LogP contribution >= 0.6 is 0 Å². The van der Waals surface area contributed by atoms with Gasteiger partial charge in [0.25, 0.3) is 0 Å². The van der Waals surface area contributed by atoms with Crippen LogP contribution in [0.4, 0.5) is 20.5 Å². The van der Waals surface area contributed by atoms with Crippen LogP contribution in [-0.4, -0.2) is 67.0 Å². The van der Waals surface area contributed by atoms with Crippen LogP contribution in [0, 0.1) is 11.6 Å². The van der Waals surface area contributed by atoms with Crippen molar-refractivity contribution in [3.8, 4) is 11.3 Å². The van der Waals surface area contributed by atoms with Gasteiger partial charge in [-0.1, -0.05) is 27.3 Å². The molecular formula is C29H36F2N8. The van der Waals surface area contributed by atoms with Crippen molar-refractivity contribution in [2.24, 2.45) is 0 Å². The second kappa shape index (κ2) is 11.3. The molecule has 1 N–H and O–H groups in total. The molecule has 8 nitrogen and oxygen atoms in total. The molecule has 2 aliphatic rings. The van der Waals surface area contributed by atoms with Crippen LogP contribution in [0.3, 0.4) is 0 Å². The minimum atomic E-state index is -0.617. The highest BCUT2D eigenvalue weighted by Gasteiger charge is 2.26. The number of aromatic nitrogens is 5. The molecule has 5 heterocycles. The fourth-order valence-electron chi connectivity index (χ4n) is 5.59. The summed E-state index contributed by atoms with van der Waals surface area (Å²) in [6.45, 7) is 10.5. The third kappa shape index (κ3) is 5.35. The summed E-state index contributed by atoms with van der Waals surface area (Å²) in [5.74, 6) is 0.543. The third-order valence-electron chi connectivity index (χ3n) is 7.76. The number of nitrogens with zero attached hydrogens (tertiary/aromatic N) is 7. The van der Waals surface area contributed by atoms with Crippen LogP contribution < -0.4 is 5.32 Å². The second-order valence-corrected chi connectivity index (χ2v) is 10.1. The maximum absolute atomic E-state index is 15.1. The quantitative estimate of drug-likeness (QED) is 0.332. The van der Waals surface area contributed by atoms with Crippen LogP contribution in [0.5, 0.6) is 0 Å². The Morgan fingerprint density at radius 2 is 1.74 bits per heavy atom. The van der Waals surface area contributed by atoms with Crippen LogP contribution in [0.2, 0.25) is 0 Å². The van der Waals surface area contributed by atoms with Crippen molar-refractivity contribution in [2.45, 2.75) is 53.1 Å². The summed E-state index contributed by atoms with van der Waals surface area (Å²) in [7, 11) is 0. The number of hydrogen-bond donors (Lipinski definition) is 1. The van der Waals surface area contributed by atoms with Crippen molar-refractivity contribution in [1.82, 2.24) is 34.3 Å². The molecule has 1 saturated heterocycles. The molecule has 1 atom stereocenters. The molecule has 6 rings (SSSR count). The van der Waals surface area contributed by atoms with Crippen LogP contribution in [0.15, 0.2) is 36.7 Å². The predicted molar refractivity (Wildman–Crippen MR) is 150 cm³/mol. The van der Waals surface area contributed by atoms with E-state index in [1.165, 1.54) is 6.07 Å². The molecule has 10 heteroatoms. The standard InChI is InChI=1S/C28H32F2N8.CH4/c1-3-20-6-8-25-34-27-21(29)13-19(14-23(27)38(20)25)26-22(30)16-32-28(35-26)33-24-7-5-18(15-31-24)17-37-11-9-36(4-2)10-12-37;/h5,7,13-16,20H,3-4,6,8-12,17H2,1-2H3,(H,31,32,33,35);1H4. The Labute approximate surface area is 228 Å². The summed E-state index contributed by atoms with van der Waals surface area (Å²) in [4.78, 5) is 22.4. The molecule has 39 heavy (non-hydrogen) atoms. The molecular weight excluding hydrogens is 498 g/mol. The average Bonchev–Trinajstić information content (AvgIpc) is 3.51. The van der Waals surface area contributed by atoms with Gasteiger partial charge in [0, 0.05) is 56.9 Å². The number of hydrogen-bond acceptors (Lipinski definition) is 7. The lowest BCUT2D eigenvalue weighted by Crippen LogP contribution is -2.45. The highest BCUT2D eigenvalue weighted by Crippen LogP contribution is 2.36. The number of benzene rings is 1. The van der Waals surface area contributed by atoms with E-state index in [1.807, 2.05) is 18.3 Å². The number of anilines is 2. The smallest absolute Gasteiger partial charge is 0.229 e. The molecule has 1 fully saturated rings. The molecule has 0 spiro atoms. The Balaban J connectivity index is 0.00000308. The molecule has 1 aromatic carbocycles. The highest BCUT2D eigenvalue weighted by atomic mass is 19.1. The molecule has 2 aliphatic heterocycles. The number of imidazole rings is 1. The van der Waals surface area contributed by atoms with Gasteiger partial charge in [0.1, 0.15) is 22.9 Å². The van der Waals surface area contributed by atoms with E-state index < -0.39 is 11.6 Å². The number of pyridine rings is 1. The average molecular weight is 535 g/mol. The lowest BCUT2D eigenvalue weighted by Gasteiger charge is -2.33. The summed E-state index contributed by atoms with van der Waals surface area (Å²) in [6.07, 6.45) is 5.68. The van der Waals surface area contributed by atoms with Crippen LogP contribution in [0.25, 0.3) is 22.3 Å². The van der Waals surface area contributed by atoms with E-state index in [0.29, 0.717) is 22.4 Å². The largest absolute Gasteiger partial charge is 0.325 e. The number of fused-ring (bicyclic) bond motifs is 3. The minimum Gasteiger partial charge on any atom is -0.325 e. The van der Waals surface area contributed by atoms with Gasteiger partial charge in [-0.3, -0.25) is 4.90 Å². The predicted octanol–water partition coefficient (Wildman–Crippen LogP) is 5.58. The van der Waals surface area contributed by atoms with Crippen molar-refractivity contribution in [1.29, 1.82) is 0 Å². The van der Waals surface area contributed by atoms with E-state index in [9.17, 15) is 4.39 Å². The molecule has 0 radical (unpaired) electrons. The first-order valence-corrected chi connectivity index (χ1v) is 13.4. The molecule has 3 aromatic heterocycles. The van der Waals surface area contributed by atoms with E-state index >= 15 is 4.39 Å². The first-order valence-electron chi connectivity index (χ1n) is 13.4. The number of nitrogens with one attached hydrogen (secondary N) is 1. The number of rotatable bonds is 7. The van der Waals surface area contributed by atoms with Crippen molar-refractivity contribution in [2.75, 3.05) is 38.0 Å². The van der Waals surface area contributed by atoms with E-state index in [0.717, 1.165) is 76.1 Å². The Kier molecular flexibility index (Phi) is 7.86. The van der Waals surface area contributed by atoms with Crippen LogP contribution in [-0.2, 0) is 13.0 Å². The number of piperazine rings is 1. The van der Waals surface area contributed by atoms with Gasteiger partial charge in [-0.05, 0) is 43.1 Å². The first kappa shape index (κ1) is 27.1. The van der Waals surface area contributed by atoms with Gasteiger partial charge in [-0.15, -0.1) is 0 Å². The molecule has 206 valence electrons. The van der Waals surface area contributed by atoms with E-state index in [4.69, 9.17) is 0 Å². The maximum Gasteiger partial charge on any atom is 0.229 e. The van der Waals surface area contributed by atoms with Crippen molar-refractivity contribution < 1.29 is 8.78 Å². The van der Waals surface area contributed by atoms with E-state index in [1.54, 1.807) is 6.07 Å². The monoisotopic (exact) mass is 534 g/mol. The van der Waals surface area contributed by atoms with Crippen molar-refractivity contribution in [3.05, 3.63) is 59.7 Å². The van der Waals surface area contributed by atoms with Gasteiger partial charge >= 0.3 is 0 Å². The zero-order valence-electron chi connectivity index (χ0n) is 21.8. The number of aryl methyl sites for hydroxylation is 1. The zero-order valence-corrected chi connectivity index (χ0v) is 21.8. The summed E-state index contributed by atoms with van der Waals surface area (Å²) in [5, 5.41) is 3.06. The van der Waals surface area contributed by atoms with Gasteiger partial charge in [0.2, 0.25) is 5.95 Å². The lowest BCUT2D eigenvalue weighted by atomic mass is 10.1. The second-order valence-electron chi connectivity index (χ2n) is 10.1. The van der Waals surface area contributed by atoms with Gasteiger partial charge in [0.05, 0.1) is 11.7 Å². The molecule has 1 unspecified atom stereocenters. The Bertz CT molecular complexity index is 1440. The first-order chi connectivity index (χ1) is 18.5. The minimum absolute atomic E-state index is 0. The SMILES string of the molecule is C.CCC1CCc2nc3c(F)cc(-c4nc(Nc5ccc(CN6CCN(CC)CC6)cn5)ncc4F)cc3n21. The van der Waals surface area contributed by atoms with Gasteiger partial charge < -0.3 is 14.8 Å². The molecule has 0 aliphatic carbocycles. The number of halogens is 2. The van der Waals surface area contributed by atoms with Crippen molar-refractivity contribution >= 4 is 22.8 Å². The van der Waals surface area contributed by atoms with E-state index in [2.05, 4.69) is 53.5 Å². The fourth-order valence-corrected chi connectivity index (χ4v) is 5.59. The molecule has 0 amide bonds. The Hall–Kier alpha value is -3.50. The molecule has 0 saturated carbocycles. The molecule has 4 aromatic rings. The topological polar surface area (TPSA) is 75.0 Å². The normalized spacial score (nSPS) is 17.8. The summed E-state index contributed by atoms with van der Waals surface area (Å²) < 4.78 is 32.0. The zero-order chi connectivity index (χ0) is 26.2. The Morgan fingerprint density at radius 3 is 2.46 bits per heavy atom. The Morgan fingerprint density at radius 1 is 0.949 bits per heavy atom. The summed E-state index contributed by atoms with van der Waals surface area (Å²) in [6, 6.07) is 7.25. The third-order valence-corrected chi connectivity index (χ3v) is 7.76. The molecule has 0 bridgehead atoms. The maximum atomic E-state index is 15.1. The van der Waals surface area contributed by atoms with Gasteiger partial charge in [0.15, 0.2) is 11.6 Å².